The first-order valence-corrected chi connectivity index (χ1v) is 7.85. The largest absolute Gasteiger partial charge is 0.326 e. The molecule has 0 bridgehead atoms. The van der Waals surface area contributed by atoms with E-state index in [4.69, 9.17) is 0 Å². The Morgan fingerprint density at radius 3 is 2.65 bits per heavy atom. The zero-order valence-electron chi connectivity index (χ0n) is 10.6. The van der Waals surface area contributed by atoms with Gasteiger partial charge in [-0.05, 0) is 42.5 Å². The molecule has 1 amide bonds. The van der Waals surface area contributed by atoms with Crippen molar-refractivity contribution in [2.24, 2.45) is 0 Å². The van der Waals surface area contributed by atoms with E-state index in [0.29, 0.717) is 12.2 Å². The van der Waals surface area contributed by atoms with E-state index in [1.807, 2.05) is 24.3 Å². The average Bonchev–Trinajstić information content (AvgIpc) is 2.41. The molecule has 0 heterocycles. The molecule has 20 heavy (non-hydrogen) atoms. The summed E-state index contributed by atoms with van der Waals surface area (Å²) >= 11 is 4.89. The van der Waals surface area contributed by atoms with Crippen LogP contribution in [0.4, 0.5) is 10.1 Å². The zero-order chi connectivity index (χ0) is 14.4. The van der Waals surface area contributed by atoms with Crippen molar-refractivity contribution in [2.45, 2.75) is 11.3 Å². The van der Waals surface area contributed by atoms with Crippen molar-refractivity contribution >= 4 is 39.3 Å². The van der Waals surface area contributed by atoms with Gasteiger partial charge in [0.25, 0.3) is 0 Å². The highest BCUT2D eigenvalue weighted by atomic mass is 79.9. The van der Waals surface area contributed by atoms with Crippen molar-refractivity contribution in [2.75, 3.05) is 11.1 Å². The molecular formula is C15H13BrFNOS. The average molecular weight is 354 g/mol. The van der Waals surface area contributed by atoms with Crippen LogP contribution in [0.1, 0.15) is 6.42 Å². The van der Waals surface area contributed by atoms with Crippen LogP contribution in [-0.2, 0) is 4.79 Å². The number of hydrogen-bond donors (Lipinski definition) is 1. The molecule has 1 N–H and O–H groups in total. The van der Waals surface area contributed by atoms with Crippen LogP contribution in [0.15, 0.2) is 57.9 Å². The fourth-order valence-corrected chi connectivity index (χ4v) is 2.83. The number of carbonyl (C=O) groups is 1. The van der Waals surface area contributed by atoms with Crippen LogP contribution in [0.5, 0.6) is 0 Å². The van der Waals surface area contributed by atoms with Crippen LogP contribution < -0.4 is 5.32 Å². The van der Waals surface area contributed by atoms with Gasteiger partial charge in [0, 0.05) is 27.2 Å². The highest BCUT2D eigenvalue weighted by Gasteiger charge is 2.03. The van der Waals surface area contributed by atoms with Gasteiger partial charge in [0.05, 0.1) is 0 Å². The SMILES string of the molecule is O=C(CCSc1ccc(F)cc1)Nc1cccc(Br)c1. The van der Waals surface area contributed by atoms with Gasteiger partial charge >= 0.3 is 0 Å². The van der Waals surface area contributed by atoms with Crippen LogP contribution in [0.3, 0.4) is 0 Å². The molecule has 0 fully saturated rings. The fourth-order valence-electron chi connectivity index (χ4n) is 1.58. The molecule has 0 aliphatic heterocycles. The molecule has 0 spiro atoms. The molecule has 0 atom stereocenters. The first-order chi connectivity index (χ1) is 9.63. The number of hydrogen-bond acceptors (Lipinski definition) is 2. The van der Waals surface area contributed by atoms with Crippen molar-refractivity contribution in [3.8, 4) is 0 Å². The third-order valence-corrected chi connectivity index (χ3v) is 4.03. The highest BCUT2D eigenvalue weighted by Crippen LogP contribution is 2.20. The van der Waals surface area contributed by atoms with Crippen molar-refractivity contribution in [1.29, 1.82) is 0 Å². The lowest BCUT2D eigenvalue weighted by molar-refractivity contribution is -0.115. The summed E-state index contributed by atoms with van der Waals surface area (Å²) in [6.45, 7) is 0. The van der Waals surface area contributed by atoms with E-state index in [9.17, 15) is 9.18 Å². The highest BCUT2D eigenvalue weighted by molar-refractivity contribution is 9.10. The van der Waals surface area contributed by atoms with Crippen molar-refractivity contribution in [3.63, 3.8) is 0 Å². The topological polar surface area (TPSA) is 29.1 Å². The normalized spacial score (nSPS) is 10.3. The van der Waals surface area contributed by atoms with Gasteiger partial charge < -0.3 is 5.32 Å². The standard InChI is InChI=1S/C15H13BrFNOS/c16-11-2-1-3-13(10-11)18-15(19)8-9-20-14-6-4-12(17)5-7-14/h1-7,10H,8-9H2,(H,18,19). The fraction of sp³-hybridized carbons (Fsp3) is 0.133. The third kappa shape index (κ3) is 4.98. The van der Waals surface area contributed by atoms with E-state index in [2.05, 4.69) is 21.2 Å². The van der Waals surface area contributed by atoms with Gasteiger partial charge in [-0.2, -0.15) is 0 Å². The summed E-state index contributed by atoms with van der Waals surface area (Å²) in [7, 11) is 0. The lowest BCUT2D eigenvalue weighted by Gasteiger charge is -2.05. The molecule has 2 nitrogen and oxygen atoms in total. The maximum absolute atomic E-state index is 12.7. The number of anilines is 1. The Morgan fingerprint density at radius 2 is 1.95 bits per heavy atom. The predicted molar refractivity (Wildman–Crippen MR) is 84.5 cm³/mol. The predicted octanol–water partition coefficient (Wildman–Crippen LogP) is 4.71. The number of carbonyl (C=O) groups excluding carboxylic acids is 1. The molecule has 0 radical (unpaired) electrons. The number of nitrogens with one attached hydrogen (secondary N) is 1. The molecule has 0 aliphatic rings. The van der Waals surface area contributed by atoms with Crippen LogP contribution in [0.25, 0.3) is 0 Å². The molecule has 2 rings (SSSR count). The minimum absolute atomic E-state index is 0.0299. The lowest BCUT2D eigenvalue weighted by Crippen LogP contribution is -2.12. The quantitative estimate of drug-likeness (QED) is 0.788. The minimum Gasteiger partial charge on any atom is -0.326 e. The Labute approximate surface area is 129 Å². The molecular weight excluding hydrogens is 341 g/mol. The van der Waals surface area contributed by atoms with Crippen LogP contribution in [0, 0.1) is 5.82 Å². The number of thioether (sulfide) groups is 1. The van der Waals surface area contributed by atoms with Gasteiger partial charge in [-0.25, -0.2) is 4.39 Å². The molecule has 0 saturated carbocycles. The monoisotopic (exact) mass is 353 g/mol. The second-order valence-corrected chi connectivity index (χ2v) is 6.19. The van der Waals surface area contributed by atoms with E-state index in [1.165, 1.54) is 23.9 Å². The minimum atomic E-state index is -0.248. The maximum Gasteiger partial charge on any atom is 0.225 e. The Morgan fingerprint density at radius 1 is 1.20 bits per heavy atom. The van der Waals surface area contributed by atoms with E-state index >= 15 is 0 Å². The lowest BCUT2D eigenvalue weighted by atomic mass is 10.3. The second-order valence-electron chi connectivity index (χ2n) is 4.11. The van der Waals surface area contributed by atoms with Gasteiger partial charge in [-0.1, -0.05) is 22.0 Å². The van der Waals surface area contributed by atoms with Gasteiger partial charge in [0.1, 0.15) is 5.82 Å². The summed E-state index contributed by atoms with van der Waals surface area (Å²) in [4.78, 5) is 12.7. The van der Waals surface area contributed by atoms with Crippen molar-refractivity contribution in [1.82, 2.24) is 0 Å². The Kier molecular flexibility index (Phi) is 5.61. The third-order valence-electron chi connectivity index (χ3n) is 2.52. The Balaban J connectivity index is 1.76. The molecule has 0 aromatic heterocycles. The van der Waals surface area contributed by atoms with Crippen molar-refractivity contribution < 1.29 is 9.18 Å². The number of halogens is 2. The first kappa shape index (κ1) is 15.1. The maximum atomic E-state index is 12.7. The summed E-state index contributed by atoms with van der Waals surface area (Å²) in [5.74, 6) is 0.380. The molecule has 0 saturated heterocycles. The zero-order valence-corrected chi connectivity index (χ0v) is 13.0. The second kappa shape index (κ2) is 7.45. The number of benzene rings is 2. The van der Waals surface area contributed by atoms with Crippen LogP contribution in [-0.4, -0.2) is 11.7 Å². The summed E-state index contributed by atoms with van der Waals surface area (Å²) in [6.07, 6.45) is 0.411. The summed E-state index contributed by atoms with van der Waals surface area (Å²) in [5, 5.41) is 2.84. The molecule has 5 heteroatoms. The summed E-state index contributed by atoms with van der Waals surface area (Å²) in [5.41, 5.74) is 0.774. The first-order valence-electron chi connectivity index (χ1n) is 6.07. The van der Waals surface area contributed by atoms with Gasteiger partial charge in [-0.15, -0.1) is 11.8 Å². The number of amides is 1. The summed E-state index contributed by atoms with van der Waals surface area (Å²) in [6, 6.07) is 13.7. The molecule has 0 unspecified atom stereocenters. The number of rotatable bonds is 5. The Hall–Kier alpha value is -1.33. The van der Waals surface area contributed by atoms with E-state index in [1.54, 1.807) is 12.1 Å². The molecule has 104 valence electrons. The van der Waals surface area contributed by atoms with Crippen LogP contribution >= 0.6 is 27.7 Å². The smallest absolute Gasteiger partial charge is 0.225 e. The van der Waals surface area contributed by atoms with Gasteiger partial charge in [-0.3, -0.25) is 4.79 Å². The Bertz CT molecular complexity index is 589. The van der Waals surface area contributed by atoms with Crippen LogP contribution in [0.2, 0.25) is 0 Å². The molecule has 2 aromatic rings. The van der Waals surface area contributed by atoms with E-state index in [0.717, 1.165) is 15.1 Å². The van der Waals surface area contributed by atoms with E-state index in [-0.39, 0.29) is 11.7 Å². The van der Waals surface area contributed by atoms with Crippen molar-refractivity contribution in [3.05, 3.63) is 58.8 Å². The van der Waals surface area contributed by atoms with Gasteiger partial charge in [0.15, 0.2) is 0 Å². The van der Waals surface area contributed by atoms with E-state index < -0.39 is 0 Å². The van der Waals surface area contributed by atoms with Gasteiger partial charge in [0.2, 0.25) is 5.91 Å². The summed E-state index contributed by atoms with van der Waals surface area (Å²) < 4.78 is 13.7. The molecule has 0 aliphatic carbocycles. The molecule has 2 aromatic carbocycles.